The molecular weight excluding hydrogens is 342 g/mol. The minimum atomic E-state index is -0.656. The standard InChI is InChI=1S/C13H10BrN3O4/c1-15(10-4-2-9(14)3-5-10)12-7-6-11(16(18)19)8-13(12)17(20)21/h2-8H,1H3. The van der Waals surface area contributed by atoms with E-state index in [9.17, 15) is 20.2 Å². The topological polar surface area (TPSA) is 89.5 Å². The van der Waals surface area contributed by atoms with Gasteiger partial charge in [0.05, 0.1) is 15.9 Å². The zero-order valence-corrected chi connectivity index (χ0v) is 12.5. The van der Waals surface area contributed by atoms with E-state index in [1.165, 1.54) is 12.1 Å². The number of halogens is 1. The second kappa shape index (κ2) is 5.88. The van der Waals surface area contributed by atoms with E-state index in [1.54, 1.807) is 24.1 Å². The Hall–Kier alpha value is -2.48. The molecule has 2 rings (SSSR count). The number of nitro benzene ring substituents is 2. The first-order chi connectivity index (χ1) is 9.90. The lowest BCUT2D eigenvalue weighted by Gasteiger charge is -2.19. The molecule has 0 unspecified atom stereocenters. The second-order valence-electron chi connectivity index (χ2n) is 4.22. The summed E-state index contributed by atoms with van der Waals surface area (Å²) < 4.78 is 0.887. The molecule has 0 aliphatic rings. The van der Waals surface area contributed by atoms with Gasteiger partial charge < -0.3 is 4.90 Å². The molecule has 2 aromatic carbocycles. The normalized spacial score (nSPS) is 10.2. The van der Waals surface area contributed by atoms with Crippen LogP contribution < -0.4 is 4.90 Å². The Morgan fingerprint density at radius 2 is 1.62 bits per heavy atom. The average molecular weight is 352 g/mol. The number of non-ortho nitro benzene ring substituents is 1. The van der Waals surface area contributed by atoms with Gasteiger partial charge in [0.1, 0.15) is 5.69 Å². The number of hydrogen-bond donors (Lipinski definition) is 0. The van der Waals surface area contributed by atoms with Crippen molar-refractivity contribution in [2.24, 2.45) is 0 Å². The van der Waals surface area contributed by atoms with Crippen molar-refractivity contribution in [3.63, 3.8) is 0 Å². The minimum absolute atomic E-state index is 0.285. The largest absolute Gasteiger partial charge is 0.339 e. The Morgan fingerprint density at radius 1 is 1.00 bits per heavy atom. The summed E-state index contributed by atoms with van der Waals surface area (Å²) in [5.74, 6) is 0. The van der Waals surface area contributed by atoms with Crippen LogP contribution in [0.25, 0.3) is 0 Å². The zero-order chi connectivity index (χ0) is 15.6. The molecule has 0 radical (unpaired) electrons. The van der Waals surface area contributed by atoms with E-state index in [4.69, 9.17) is 0 Å². The van der Waals surface area contributed by atoms with Crippen molar-refractivity contribution in [1.82, 2.24) is 0 Å². The maximum atomic E-state index is 11.1. The number of nitro groups is 2. The van der Waals surface area contributed by atoms with Crippen molar-refractivity contribution >= 4 is 38.7 Å². The van der Waals surface area contributed by atoms with E-state index < -0.39 is 9.85 Å². The van der Waals surface area contributed by atoms with Crippen molar-refractivity contribution < 1.29 is 9.85 Å². The monoisotopic (exact) mass is 351 g/mol. The van der Waals surface area contributed by atoms with Crippen LogP contribution in [0.2, 0.25) is 0 Å². The van der Waals surface area contributed by atoms with Crippen LogP contribution in [0, 0.1) is 20.2 Å². The third-order valence-corrected chi connectivity index (χ3v) is 3.47. The lowest BCUT2D eigenvalue weighted by atomic mass is 10.2. The van der Waals surface area contributed by atoms with Crippen molar-refractivity contribution in [2.75, 3.05) is 11.9 Å². The number of nitrogens with zero attached hydrogens (tertiary/aromatic N) is 3. The fraction of sp³-hybridized carbons (Fsp3) is 0.0769. The quantitative estimate of drug-likeness (QED) is 0.612. The Balaban J connectivity index is 2.49. The summed E-state index contributed by atoms with van der Waals surface area (Å²) in [6.45, 7) is 0. The van der Waals surface area contributed by atoms with E-state index in [-0.39, 0.29) is 17.1 Å². The maximum absolute atomic E-state index is 11.1. The molecule has 0 spiro atoms. The molecule has 8 heteroatoms. The van der Waals surface area contributed by atoms with Gasteiger partial charge in [-0.3, -0.25) is 20.2 Å². The number of anilines is 2. The molecule has 0 fully saturated rings. The highest BCUT2D eigenvalue weighted by molar-refractivity contribution is 9.10. The fourth-order valence-corrected chi connectivity index (χ4v) is 2.12. The first kappa shape index (κ1) is 14.9. The Kier molecular flexibility index (Phi) is 4.18. The molecule has 0 saturated carbocycles. The molecule has 2 aromatic rings. The third-order valence-electron chi connectivity index (χ3n) is 2.94. The summed E-state index contributed by atoms with van der Waals surface area (Å²) in [4.78, 5) is 22.2. The van der Waals surface area contributed by atoms with Gasteiger partial charge in [0.2, 0.25) is 0 Å². The molecular formula is C13H10BrN3O4. The van der Waals surface area contributed by atoms with Gasteiger partial charge in [-0.25, -0.2) is 0 Å². The van der Waals surface area contributed by atoms with Crippen molar-refractivity contribution in [3.05, 3.63) is 67.2 Å². The van der Waals surface area contributed by atoms with Crippen molar-refractivity contribution in [3.8, 4) is 0 Å². The van der Waals surface area contributed by atoms with Gasteiger partial charge >= 0.3 is 0 Å². The van der Waals surface area contributed by atoms with Gasteiger partial charge in [0.15, 0.2) is 0 Å². The summed E-state index contributed by atoms with van der Waals surface area (Å²) in [5.41, 5.74) is 0.396. The van der Waals surface area contributed by atoms with Gasteiger partial charge in [-0.05, 0) is 30.3 Å². The highest BCUT2D eigenvalue weighted by Crippen LogP contribution is 2.35. The van der Waals surface area contributed by atoms with Gasteiger partial charge in [0, 0.05) is 23.3 Å². The molecule has 0 N–H and O–H groups in total. The van der Waals surface area contributed by atoms with Crippen LogP contribution in [0.5, 0.6) is 0 Å². The lowest BCUT2D eigenvalue weighted by Crippen LogP contribution is -2.11. The van der Waals surface area contributed by atoms with E-state index >= 15 is 0 Å². The second-order valence-corrected chi connectivity index (χ2v) is 5.14. The molecule has 0 aliphatic heterocycles. The molecule has 0 aliphatic carbocycles. The van der Waals surface area contributed by atoms with Crippen molar-refractivity contribution in [2.45, 2.75) is 0 Å². The molecule has 0 heterocycles. The molecule has 108 valence electrons. The molecule has 7 nitrogen and oxygen atoms in total. The van der Waals surface area contributed by atoms with Crippen LogP contribution in [-0.4, -0.2) is 16.9 Å². The SMILES string of the molecule is CN(c1ccc(Br)cc1)c1ccc([N+](=O)[O-])cc1[N+](=O)[O-]. The molecule has 21 heavy (non-hydrogen) atoms. The van der Waals surface area contributed by atoms with Gasteiger partial charge in [-0.15, -0.1) is 0 Å². The Labute approximate surface area is 128 Å². The Bertz CT molecular complexity index is 703. The van der Waals surface area contributed by atoms with Crippen LogP contribution in [-0.2, 0) is 0 Å². The van der Waals surface area contributed by atoms with E-state index in [0.717, 1.165) is 16.2 Å². The molecule has 0 saturated heterocycles. The van der Waals surface area contributed by atoms with E-state index in [1.807, 2.05) is 12.1 Å². The predicted molar refractivity (Wildman–Crippen MR) is 82.0 cm³/mol. The van der Waals surface area contributed by atoms with E-state index in [2.05, 4.69) is 15.9 Å². The smallest absolute Gasteiger partial charge is 0.299 e. The van der Waals surface area contributed by atoms with E-state index in [0.29, 0.717) is 0 Å². The summed E-state index contributed by atoms with van der Waals surface area (Å²) in [5, 5.41) is 21.9. The number of benzene rings is 2. The van der Waals surface area contributed by atoms with Gasteiger partial charge in [0.25, 0.3) is 11.4 Å². The summed E-state index contributed by atoms with van der Waals surface area (Å²) in [6, 6.07) is 10.8. The molecule has 0 aromatic heterocycles. The molecule has 0 amide bonds. The lowest BCUT2D eigenvalue weighted by molar-refractivity contribution is -0.393. The first-order valence-electron chi connectivity index (χ1n) is 5.82. The molecule has 0 bridgehead atoms. The predicted octanol–water partition coefficient (Wildman–Crippen LogP) is 4.03. The highest BCUT2D eigenvalue weighted by atomic mass is 79.9. The summed E-state index contributed by atoms with van der Waals surface area (Å²) in [6.07, 6.45) is 0. The van der Waals surface area contributed by atoms with Gasteiger partial charge in [-0.2, -0.15) is 0 Å². The maximum Gasteiger partial charge on any atom is 0.299 e. The van der Waals surface area contributed by atoms with Crippen LogP contribution in [0.1, 0.15) is 0 Å². The third kappa shape index (κ3) is 3.16. The average Bonchev–Trinajstić information content (AvgIpc) is 2.46. The zero-order valence-electron chi connectivity index (χ0n) is 10.9. The number of hydrogen-bond acceptors (Lipinski definition) is 5. The number of rotatable bonds is 4. The van der Waals surface area contributed by atoms with Crippen LogP contribution >= 0.6 is 15.9 Å². The minimum Gasteiger partial charge on any atom is -0.339 e. The van der Waals surface area contributed by atoms with Crippen LogP contribution in [0.3, 0.4) is 0 Å². The van der Waals surface area contributed by atoms with Crippen molar-refractivity contribution in [1.29, 1.82) is 0 Å². The fourth-order valence-electron chi connectivity index (χ4n) is 1.86. The van der Waals surface area contributed by atoms with Crippen LogP contribution in [0.4, 0.5) is 22.7 Å². The summed E-state index contributed by atoms with van der Waals surface area (Å²) >= 11 is 3.31. The summed E-state index contributed by atoms with van der Waals surface area (Å²) in [7, 11) is 1.66. The Morgan fingerprint density at radius 3 is 2.14 bits per heavy atom. The van der Waals surface area contributed by atoms with Gasteiger partial charge in [-0.1, -0.05) is 15.9 Å². The molecule has 0 atom stereocenters. The highest BCUT2D eigenvalue weighted by Gasteiger charge is 2.22. The first-order valence-corrected chi connectivity index (χ1v) is 6.61. The van der Waals surface area contributed by atoms with Crippen LogP contribution in [0.15, 0.2) is 46.9 Å².